The van der Waals surface area contributed by atoms with Gasteiger partial charge in [0.1, 0.15) is 5.75 Å². The lowest BCUT2D eigenvalue weighted by Crippen LogP contribution is -2.28. The van der Waals surface area contributed by atoms with E-state index in [4.69, 9.17) is 9.84 Å². The molecule has 1 rings (SSSR count). The van der Waals surface area contributed by atoms with Gasteiger partial charge in [-0.25, -0.2) is 4.79 Å². The summed E-state index contributed by atoms with van der Waals surface area (Å²) in [5, 5.41) is 9.01. The van der Waals surface area contributed by atoms with Crippen LogP contribution in [0.2, 0.25) is 0 Å². The van der Waals surface area contributed by atoms with Crippen LogP contribution in [0.25, 0.3) is 0 Å². The van der Waals surface area contributed by atoms with Gasteiger partial charge in [-0.2, -0.15) is 0 Å². The minimum Gasteiger partial charge on any atom is -0.496 e. The van der Waals surface area contributed by atoms with Crippen molar-refractivity contribution in [3.8, 4) is 5.75 Å². The van der Waals surface area contributed by atoms with Gasteiger partial charge in [0.05, 0.1) is 12.7 Å². The number of carboxylic acids is 1. The Kier molecular flexibility index (Phi) is 5.16. The first kappa shape index (κ1) is 14.5. The van der Waals surface area contributed by atoms with Gasteiger partial charge in [0.15, 0.2) is 0 Å². The van der Waals surface area contributed by atoms with Crippen molar-refractivity contribution in [1.82, 2.24) is 4.90 Å². The number of rotatable bonds is 6. The Bertz CT molecular complexity index is 418. The van der Waals surface area contributed by atoms with E-state index >= 15 is 0 Å². The van der Waals surface area contributed by atoms with E-state index in [2.05, 4.69) is 18.7 Å². The number of benzene rings is 1. The molecular formula is C14H21NO3. The molecule has 100 valence electrons. The third kappa shape index (κ3) is 3.47. The molecule has 1 aromatic rings. The van der Waals surface area contributed by atoms with Crippen molar-refractivity contribution < 1.29 is 14.6 Å². The minimum atomic E-state index is -0.912. The van der Waals surface area contributed by atoms with Gasteiger partial charge in [-0.15, -0.1) is 0 Å². The second kappa shape index (κ2) is 6.40. The molecule has 1 N–H and O–H groups in total. The van der Waals surface area contributed by atoms with Gasteiger partial charge in [-0.1, -0.05) is 6.92 Å². The lowest BCUT2D eigenvalue weighted by atomic mass is 10.1. The van der Waals surface area contributed by atoms with Crippen molar-refractivity contribution in [2.75, 3.05) is 14.2 Å². The summed E-state index contributed by atoms with van der Waals surface area (Å²) < 4.78 is 5.27. The third-order valence-electron chi connectivity index (χ3n) is 3.29. The lowest BCUT2D eigenvalue weighted by Gasteiger charge is -2.24. The van der Waals surface area contributed by atoms with Crippen LogP contribution >= 0.6 is 0 Å². The molecule has 0 bridgehead atoms. The van der Waals surface area contributed by atoms with E-state index in [1.165, 1.54) is 0 Å². The van der Waals surface area contributed by atoms with Crippen molar-refractivity contribution in [3.05, 3.63) is 29.3 Å². The molecule has 0 fully saturated rings. The molecule has 0 spiro atoms. The molecule has 1 aromatic carbocycles. The molecule has 0 amide bonds. The summed E-state index contributed by atoms with van der Waals surface area (Å²) in [5.74, 6) is -0.180. The van der Waals surface area contributed by atoms with Gasteiger partial charge in [0.2, 0.25) is 0 Å². The fraction of sp³-hybridized carbons (Fsp3) is 0.500. The predicted octanol–water partition coefficient (Wildman–Crippen LogP) is 2.62. The minimum absolute atomic E-state index is 0.295. The van der Waals surface area contributed by atoms with E-state index in [1.54, 1.807) is 25.3 Å². The highest BCUT2D eigenvalue weighted by molar-refractivity contribution is 5.88. The first-order valence-electron chi connectivity index (χ1n) is 6.10. The Morgan fingerprint density at radius 2 is 2.17 bits per heavy atom. The van der Waals surface area contributed by atoms with E-state index in [-0.39, 0.29) is 0 Å². The SMILES string of the molecule is CCC(C)N(C)Cc1cc(C(=O)O)ccc1OC. The van der Waals surface area contributed by atoms with E-state index in [0.29, 0.717) is 18.2 Å². The van der Waals surface area contributed by atoms with E-state index < -0.39 is 5.97 Å². The van der Waals surface area contributed by atoms with Crippen molar-refractivity contribution in [2.24, 2.45) is 0 Å². The average molecular weight is 251 g/mol. The summed E-state index contributed by atoms with van der Waals surface area (Å²) in [6, 6.07) is 5.40. The molecule has 0 heterocycles. The van der Waals surface area contributed by atoms with Crippen molar-refractivity contribution in [2.45, 2.75) is 32.9 Å². The highest BCUT2D eigenvalue weighted by Crippen LogP contribution is 2.22. The predicted molar refractivity (Wildman–Crippen MR) is 71.2 cm³/mol. The molecule has 0 aliphatic rings. The van der Waals surface area contributed by atoms with Crippen molar-refractivity contribution in [1.29, 1.82) is 0 Å². The molecule has 1 unspecified atom stereocenters. The van der Waals surface area contributed by atoms with Crippen LogP contribution in [-0.2, 0) is 6.54 Å². The highest BCUT2D eigenvalue weighted by Gasteiger charge is 2.13. The molecule has 4 heteroatoms. The highest BCUT2D eigenvalue weighted by atomic mass is 16.5. The van der Waals surface area contributed by atoms with Gasteiger partial charge in [0, 0.05) is 18.2 Å². The van der Waals surface area contributed by atoms with Crippen LogP contribution in [0.3, 0.4) is 0 Å². The van der Waals surface area contributed by atoms with Gasteiger partial charge >= 0.3 is 5.97 Å². The van der Waals surface area contributed by atoms with E-state index in [9.17, 15) is 4.79 Å². The molecule has 0 aliphatic carbocycles. The third-order valence-corrected chi connectivity index (χ3v) is 3.29. The van der Waals surface area contributed by atoms with Crippen LogP contribution in [0.4, 0.5) is 0 Å². The summed E-state index contributed by atoms with van der Waals surface area (Å²) in [4.78, 5) is 13.2. The maximum atomic E-state index is 11.0. The first-order valence-corrected chi connectivity index (χ1v) is 6.10. The Labute approximate surface area is 108 Å². The Balaban J connectivity index is 2.97. The fourth-order valence-corrected chi connectivity index (χ4v) is 1.77. The van der Waals surface area contributed by atoms with Crippen LogP contribution in [0.5, 0.6) is 5.75 Å². The van der Waals surface area contributed by atoms with E-state index in [0.717, 1.165) is 17.7 Å². The first-order chi connectivity index (χ1) is 8.49. The molecule has 0 aromatic heterocycles. The monoisotopic (exact) mass is 251 g/mol. The molecule has 0 saturated carbocycles. The second-order valence-corrected chi connectivity index (χ2v) is 4.50. The number of nitrogens with zero attached hydrogens (tertiary/aromatic N) is 1. The van der Waals surface area contributed by atoms with Crippen LogP contribution in [-0.4, -0.2) is 36.2 Å². The molecule has 0 saturated heterocycles. The number of carboxylic acid groups (broad SMARTS) is 1. The lowest BCUT2D eigenvalue weighted by molar-refractivity contribution is 0.0696. The summed E-state index contributed by atoms with van der Waals surface area (Å²) in [6.07, 6.45) is 1.05. The van der Waals surface area contributed by atoms with Crippen LogP contribution < -0.4 is 4.74 Å². The number of hydrogen-bond acceptors (Lipinski definition) is 3. The molecule has 0 aliphatic heterocycles. The molecule has 18 heavy (non-hydrogen) atoms. The zero-order valence-electron chi connectivity index (χ0n) is 11.4. The summed E-state index contributed by atoms with van der Waals surface area (Å²) in [7, 11) is 3.63. The zero-order chi connectivity index (χ0) is 13.7. The number of methoxy groups -OCH3 is 1. The van der Waals surface area contributed by atoms with Crippen LogP contribution in [0.15, 0.2) is 18.2 Å². The van der Waals surface area contributed by atoms with Gasteiger partial charge in [-0.3, -0.25) is 4.90 Å². The number of carbonyl (C=O) groups is 1. The van der Waals surface area contributed by atoms with Crippen LogP contribution in [0, 0.1) is 0 Å². The quantitative estimate of drug-likeness (QED) is 0.844. The molecule has 0 radical (unpaired) electrons. The Hall–Kier alpha value is -1.55. The number of aromatic carboxylic acids is 1. The van der Waals surface area contributed by atoms with Crippen molar-refractivity contribution >= 4 is 5.97 Å². The van der Waals surface area contributed by atoms with Gasteiger partial charge in [-0.05, 0) is 38.6 Å². The Morgan fingerprint density at radius 1 is 1.50 bits per heavy atom. The van der Waals surface area contributed by atoms with E-state index in [1.807, 2.05) is 7.05 Å². The average Bonchev–Trinajstić information content (AvgIpc) is 2.37. The van der Waals surface area contributed by atoms with Crippen molar-refractivity contribution in [3.63, 3.8) is 0 Å². The number of ether oxygens (including phenoxy) is 1. The maximum absolute atomic E-state index is 11.0. The smallest absolute Gasteiger partial charge is 0.335 e. The number of hydrogen-bond donors (Lipinski definition) is 1. The normalized spacial score (nSPS) is 12.5. The molecule has 1 atom stereocenters. The topological polar surface area (TPSA) is 49.8 Å². The maximum Gasteiger partial charge on any atom is 0.335 e. The van der Waals surface area contributed by atoms with Gasteiger partial charge < -0.3 is 9.84 Å². The summed E-state index contributed by atoms with van der Waals surface area (Å²) in [6.45, 7) is 4.96. The zero-order valence-corrected chi connectivity index (χ0v) is 11.4. The standard InChI is InChI=1S/C14H21NO3/c1-5-10(2)15(3)9-12-8-11(14(16)17)6-7-13(12)18-4/h6-8,10H,5,9H2,1-4H3,(H,16,17). The molecule has 4 nitrogen and oxygen atoms in total. The second-order valence-electron chi connectivity index (χ2n) is 4.50. The fourth-order valence-electron chi connectivity index (χ4n) is 1.77. The van der Waals surface area contributed by atoms with Gasteiger partial charge in [0.25, 0.3) is 0 Å². The Morgan fingerprint density at radius 3 is 2.67 bits per heavy atom. The summed E-state index contributed by atoms with van der Waals surface area (Å²) in [5.41, 5.74) is 1.20. The summed E-state index contributed by atoms with van der Waals surface area (Å²) >= 11 is 0. The van der Waals surface area contributed by atoms with Crippen LogP contribution in [0.1, 0.15) is 36.2 Å². The molecular weight excluding hydrogens is 230 g/mol. The largest absolute Gasteiger partial charge is 0.496 e.